The van der Waals surface area contributed by atoms with Gasteiger partial charge in [-0.05, 0) is 19.9 Å². The molecule has 112 valence electrons. The standard InChI is InChI=1S/C14H14FNO5/c1-7(2)20-12-4-8(9(15)5-11(12)19-3)10-6-13(14(17)18)21-16-10/h4-7H,1-3H3,(H,17,18). The molecule has 0 aliphatic carbocycles. The molecule has 0 fully saturated rings. The van der Waals surface area contributed by atoms with E-state index in [0.29, 0.717) is 5.75 Å². The number of hydrogen-bond acceptors (Lipinski definition) is 5. The Morgan fingerprint density at radius 1 is 1.33 bits per heavy atom. The summed E-state index contributed by atoms with van der Waals surface area (Å²) >= 11 is 0. The van der Waals surface area contributed by atoms with Gasteiger partial charge in [0.05, 0.1) is 13.2 Å². The number of ether oxygens (including phenoxy) is 2. The zero-order valence-corrected chi connectivity index (χ0v) is 11.7. The molecule has 0 saturated carbocycles. The minimum Gasteiger partial charge on any atom is -0.493 e. The predicted molar refractivity (Wildman–Crippen MR) is 71.2 cm³/mol. The van der Waals surface area contributed by atoms with Crippen LogP contribution in [0.3, 0.4) is 0 Å². The van der Waals surface area contributed by atoms with Crippen molar-refractivity contribution in [1.82, 2.24) is 5.16 Å². The van der Waals surface area contributed by atoms with Crippen molar-refractivity contribution in [2.24, 2.45) is 0 Å². The molecule has 0 amide bonds. The van der Waals surface area contributed by atoms with E-state index >= 15 is 0 Å². The summed E-state index contributed by atoms with van der Waals surface area (Å²) in [5, 5.41) is 12.3. The minimum absolute atomic E-state index is 0.0705. The lowest BCUT2D eigenvalue weighted by Gasteiger charge is -2.14. The monoisotopic (exact) mass is 295 g/mol. The fraction of sp³-hybridized carbons (Fsp3) is 0.286. The molecule has 0 atom stereocenters. The van der Waals surface area contributed by atoms with Gasteiger partial charge < -0.3 is 19.1 Å². The minimum atomic E-state index is -1.28. The van der Waals surface area contributed by atoms with Crippen LogP contribution in [0, 0.1) is 5.82 Å². The summed E-state index contributed by atoms with van der Waals surface area (Å²) in [7, 11) is 1.40. The predicted octanol–water partition coefficient (Wildman–Crippen LogP) is 2.97. The van der Waals surface area contributed by atoms with E-state index in [1.807, 2.05) is 13.8 Å². The van der Waals surface area contributed by atoms with E-state index in [2.05, 4.69) is 9.68 Å². The van der Waals surface area contributed by atoms with Gasteiger partial charge in [-0.2, -0.15) is 0 Å². The Labute approximate surface area is 120 Å². The molecular weight excluding hydrogens is 281 g/mol. The van der Waals surface area contributed by atoms with E-state index in [9.17, 15) is 9.18 Å². The smallest absolute Gasteiger partial charge is 0.374 e. The number of halogens is 1. The first-order chi connectivity index (χ1) is 9.92. The lowest BCUT2D eigenvalue weighted by Crippen LogP contribution is -2.07. The molecule has 2 aromatic rings. The number of hydrogen-bond donors (Lipinski definition) is 1. The van der Waals surface area contributed by atoms with Gasteiger partial charge in [-0.15, -0.1) is 0 Å². The van der Waals surface area contributed by atoms with Crippen molar-refractivity contribution in [2.75, 3.05) is 7.11 Å². The van der Waals surface area contributed by atoms with Crippen LogP contribution in [-0.2, 0) is 0 Å². The zero-order chi connectivity index (χ0) is 15.6. The number of aromatic carboxylic acids is 1. The van der Waals surface area contributed by atoms with Crippen LogP contribution in [-0.4, -0.2) is 29.4 Å². The molecule has 1 heterocycles. The highest BCUT2D eigenvalue weighted by Gasteiger charge is 2.19. The molecule has 0 aliphatic heterocycles. The summed E-state index contributed by atoms with van der Waals surface area (Å²) in [6.45, 7) is 3.64. The van der Waals surface area contributed by atoms with Crippen LogP contribution in [0.15, 0.2) is 22.7 Å². The second-order valence-electron chi connectivity index (χ2n) is 4.53. The summed E-state index contributed by atoms with van der Waals surface area (Å²) < 4.78 is 29.3. The van der Waals surface area contributed by atoms with Crippen LogP contribution in [0.25, 0.3) is 11.3 Å². The number of carbonyl (C=O) groups is 1. The Kier molecular flexibility index (Phi) is 4.11. The topological polar surface area (TPSA) is 81.8 Å². The van der Waals surface area contributed by atoms with Gasteiger partial charge in [-0.3, -0.25) is 0 Å². The van der Waals surface area contributed by atoms with Crippen LogP contribution < -0.4 is 9.47 Å². The van der Waals surface area contributed by atoms with E-state index in [0.717, 1.165) is 12.1 Å². The number of carboxylic acids is 1. The molecule has 1 aromatic carbocycles. The molecule has 0 aliphatic rings. The van der Waals surface area contributed by atoms with Gasteiger partial charge in [0, 0.05) is 17.7 Å². The number of rotatable bonds is 5. The maximum atomic E-state index is 14.1. The molecule has 0 spiro atoms. The third kappa shape index (κ3) is 3.13. The van der Waals surface area contributed by atoms with E-state index in [-0.39, 0.29) is 28.9 Å². The van der Waals surface area contributed by atoms with Crippen molar-refractivity contribution in [3.05, 3.63) is 29.8 Å². The molecule has 0 bridgehead atoms. The van der Waals surface area contributed by atoms with Gasteiger partial charge in [-0.25, -0.2) is 9.18 Å². The number of carboxylic acid groups (broad SMARTS) is 1. The Bertz CT molecular complexity index is 665. The number of methoxy groups -OCH3 is 1. The average molecular weight is 295 g/mol. The highest BCUT2D eigenvalue weighted by Crippen LogP contribution is 2.35. The highest BCUT2D eigenvalue weighted by molar-refractivity contribution is 5.85. The molecule has 21 heavy (non-hydrogen) atoms. The first kappa shape index (κ1) is 14.8. The lowest BCUT2D eigenvalue weighted by molar-refractivity contribution is 0.0652. The summed E-state index contributed by atoms with van der Waals surface area (Å²) in [5.41, 5.74) is 0.142. The number of benzene rings is 1. The van der Waals surface area contributed by atoms with Crippen LogP contribution in [0.4, 0.5) is 4.39 Å². The van der Waals surface area contributed by atoms with Crippen molar-refractivity contribution in [3.8, 4) is 22.8 Å². The van der Waals surface area contributed by atoms with E-state index in [4.69, 9.17) is 14.6 Å². The van der Waals surface area contributed by atoms with Gasteiger partial charge >= 0.3 is 5.97 Å². The first-order valence-electron chi connectivity index (χ1n) is 6.17. The SMILES string of the molecule is COc1cc(F)c(-c2cc(C(=O)O)on2)cc1OC(C)C. The molecule has 0 saturated heterocycles. The van der Waals surface area contributed by atoms with Crippen molar-refractivity contribution < 1.29 is 28.3 Å². The van der Waals surface area contributed by atoms with E-state index in [1.165, 1.54) is 13.2 Å². The fourth-order valence-corrected chi connectivity index (χ4v) is 1.74. The number of nitrogens with zero attached hydrogens (tertiary/aromatic N) is 1. The Morgan fingerprint density at radius 3 is 2.57 bits per heavy atom. The second kappa shape index (κ2) is 5.82. The molecule has 1 N–H and O–H groups in total. The van der Waals surface area contributed by atoms with E-state index < -0.39 is 11.8 Å². The van der Waals surface area contributed by atoms with Crippen LogP contribution in [0.1, 0.15) is 24.4 Å². The van der Waals surface area contributed by atoms with Crippen molar-refractivity contribution in [3.63, 3.8) is 0 Å². The third-order valence-electron chi connectivity index (χ3n) is 2.61. The molecule has 2 rings (SSSR count). The summed E-state index contributed by atoms with van der Waals surface area (Å²) in [5.74, 6) is -1.68. The van der Waals surface area contributed by atoms with Gasteiger partial charge in [0.1, 0.15) is 11.5 Å². The normalized spacial score (nSPS) is 10.7. The van der Waals surface area contributed by atoms with E-state index in [1.54, 1.807) is 0 Å². The second-order valence-corrected chi connectivity index (χ2v) is 4.53. The molecule has 1 aromatic heterocycles. The maximum absolute atomic E-state index is 14.1. The Morgan fingerprint density at radius 2 is 2.05 bits per heavy atom. The molecule has 6 nitrogen and oxygen atoms in total. The maximum Gasteiger partial charge on any atom is 0.374 e. The van der Waals surface area contributed by atoms with Crippen LogP contribution in [0.5, 0.6) is 11.5 Å². The zero-order valence-electron chi connectivity index (χ0n) is 11.7. The van der Waals surface area contributed by atoms with Crippen molar-refractivity contribution in [1.29, 1.82) is 0 Å². The van der Waals surface area contributed by atoms with Gasteiger partial charge in [0.25, 0.3) is 0 Å². The Balaban J connectivity index is 2.49. The molecule has 0 radical (unpaired) electrons. The quantitative estimate of drug-likeness (QED) is 0.913. The first-order valence-corrected chi connectivity index (χ1v) is 6.17. The van der Waals surface area contributed by atoms with Gasteiger partial charge in [0.2, 0.25) is 5.76 Å². The summed E-state index contributed by atoms with van der Waals surface area (Å²) in [6, 6.07) is 3.70. The van der Waals surface area contributed by atoms with Crippen molar-refractivity contribution in [2.45, 2.75) is 20.0 Å². The lowest BCUT2D eigenvalue weighted by atomic mass is 10.1. The fourth-order valence-electron chi connectivity index (χ4n) is 1.74. The number of aromatic nitrogens is 1. The van der Waals surface area contributed by atoms with Crippen molar-refractivity contribution >= 4 is 5.97 Å². The largest absolute Gasteiger partial charge is 0.493 e. The summed E-state index contributed by atoms with van der Waals surface area (Å²) in [4.78, 5) is 10.8. The van der Waals surface area contributed by atoms with Crippen LogP contribution >= 0.6 is 0 Å². The van der Waals surface area contributed by atoms with Gasteiger partial charge in [-0.1, -0.05) is 5.16 Å². The molecule has 7 heteroatoms. The molecule has 0 unspecified atom stereocenters. The highest BCUT2D eigenvalue weighted by atomic mass is 19.1. The Hall–Kier alpha value is -2.57. The summed E-state index contributed by atoms with van der Waals surface area (Å²) in [6.07, 6.45) is -0.135. The van der Waals surface area contributed by atoms with Crippen LogP contribution in [0.2, 0.25) is 0 Å². The van der Waals surface area contributed by atoms with Gasteiger partial charge in [0.15, 0.2) is 11.5 Å². The third-order valence-corrected chi connectivity index (χ3v) is 2.61. The average Bonchev–Trinajstić information content (AvgIpc) is 2.89. The molecular formula is C14H14FNO5.